The molecule has 10 heteroatoms. The number of ether oxygens (including phenoxy) is 4. The average molecular weight is 699 g/mol. The molecule has 3 heterocycles. The SMILES string of the molecule is CC(=O)O[C@@H](C1C[C@@H](C)[C@H]2C(O1)[C@H](O)[C@@]1(C)C3CC[C@H]4C(C)(C)[C@@H](O[C@H]5CN(Cc6cocn6)CCO5)CC[C@@]45CC35CC[C@]21C)C(C)(C)O. The molecule has 0 amide bonds. The third kappa shape index (κ3) is 4.93. The highest BCUT2D eigenvalue weighted by Crippen LogP contribution is 2.89. The maximum Gasteiger partial charge on any atom is 0.303 e. The normalized spacial score (nSPS) is 48.7. The quantitative estimate of drug-likeness (QED) is 0.341. The van der Waals surface area contributed by atoms with E-state index in [1.54, 1.807) is 20.1 Å². The molecule has 14 atom stereocenters. The molecular weight excluding hydrogens is 636 g/mol. The minimum absolute atomic E-state index is 0.0159. The average Bonchev–Trinajstić information content (AvgIpc) is 3.33. The number of carbonyl (C=O) groups is 1. The van der Waals surface area contributed by atoms with Crippen LogP contribution in [0.15, 0.2) is 17.1 Å². The molecule has 5 aliphatic carbocycles. The van der Waals surface area contributed by atoms with Crippen molar-refractivity contribution >= 4 is 5.97 Å². The first-order valence-corrected chi connectivity index (χ1v) is 19.6. The van der Waals surface area contributed by atoms with E-state index in [1.807, 2.05) is 0 Å². The van der Waals surface area contributed by atoms with Gasteiger partial charge in [0.1, 0.15) is 6.26 Å². The number of morpholine rings is 1. The van der Waals surface area contributed by atoms with Gasteiger partial charge in [-0.1, -0.05) is 34.6 Å². The molecule has 0 aromatic carbocycles. The zero-order valence-corrected chi connectivity index (χ0v) is 31.7. The predicted molar refractivity (Wildman–Crippen MR) is 184 cm³/mol. The van der Waals surface area contributed by atoms with Crippen LogP contribution in [0.4, 0.5) is 0 Å². The summed E-state index contributed by atoms with van der Waals surface area (Å²) in [5.41, 5.74) is -0.123. The molecule has 50 heavy (non-hydrogen) atoms. The number of carbonyl (C=O) groups excluding carboxylic acids is 1. The Labute approximate surface area is 298 Å². The fraction of sp³-hybridized carbons (Fsp3) is 0.900. The lowest BCUT2D eigenvalue weighted by atomic mass is 9.41. The summed E-state index contributed by atoms with van der Waals surface area (Å²) < 4.78 is 30.9. The second kappa shape index (κ2) is 11.7. The Morgan fingerprint density at radius 2 is 1.86 bits per heavy atom. The van der Waals surface area contributed by atoms with Crippen LogP contribution in [0.2, 0.25) is 0 Å². The largest absolute Gasteiger partial charge is 0.457 e. The van der Waals surface area contributed by atoms with Gasteiger partial charge in [0.15, 0.2) is 18.8 Å². The molecule has 8 rings (SSSR count). The molecule has 2 spiro atoms. The van der Waals surface area contributed by atoms with Gasteiger partial charge in [-0.25, -0.2) is 4.98 Å². The van der Waals surface area contributed by atoms with Crippen molar-refractivity contribution in [2.45, 2.75) is 156 Å². The van der Waals surface area contributed by atoms with Crippen molar-refractivity contribution in [3.8, 4) is 0 Å². The summed E-state index contributed by atoms with van der Waals surface area (Å²) in [6.07, 6.45) is 9.65. The summed E-state index contributed by atoms with van der Waals surface area (Å²) in [5.74, 6) is 1.05. The maximum atomic E-state index is 12.6. The molecule has 1 aromatic rings. The van der Waals surface area contributed by atoms with Crippen LogP contribution in [0, 0.1) is 50.7 Å². The van der Waals surface area contributed by atoms with Crippen LogP contribution in [0.25, 0.3) is 0 Å². The topological polar surface area (TPSA) is 124 Å². The van der Waals surface area contributed by atoms with Gasteiger partial charge in [-0.3, -0.25) is 9.69 Å². The summed E-state index contributed by atoms with van der Waals surface area (Å²) >= 11 is 0. The minimum Gasteiger partial charge on any atom is -0.457 e. The molecule has 1 aromatic heterocycles. The zero-order valence-electron chi connectivity index (χ0n) is 31.7. The Morgan fingerprint density at radius 1 is 1.12 bits per heavy atom. The Balaban J connectivity index is 1.01. The van der Waals surface area contributed by atoms with Crippen molar-refractivity contribution < 1.29 is 38.4 Å². The van der Waals surface area contributed by atoms with Gasteiger partial charge in [0, 0.05) is 25.4 Å². The number of rotatable bonds is 7. The molecule has 5 saturated carbocycles. The molecule has 0 bridgehead atoms. The lowest BCUT2D eigenvalue weighted by Crippen LogP contribution is -2.60. The first kappa shape index (κ1) is 35.5. The number of esters is 1. The molecule has 2 N–H and O–H groups in total. The lowest BCUT2D eigenvalue weighted by Gasteiger charge is -2.64. The van der Waals surface area contributed by atoms with E-state index in [1.165, 1.54) is 32.6 Å². The number of nitrogens with zero attached hydrogens (tertiary/aromatic N) is 2. The van der Waals surface area contributed by atoms with E-state index in [9.17, 15) is 15.0 Å². The van der Waals surface area contributed by atoms with E-state index in [4.69, 9.17) is 23.4 Å². The molecule has 2 aliphatic heterocycles. The zero-order chi connectivity index (χ0) is 35.6. The molecule has 4 unspecified atom stereocenters. The molecule has 10 nitrogen and oxygen atoms in total. The summed E-state index contributed by atoms with van der Waals surface area (Å²) in [6.45, 7) is 19.8. The Morgan fingerprint density at radius 3 is 2.56 bits per heavy atom. The van der Waals surface area contributed by atoms with Gasteiger partial charge < -0.3 is 33.6 Å². The van der Waals surface area contributed by atoms with Crippen molar-refractivity contribution in [3.05, 3.63) is 18.4 Å². The lowest BCUT2D eigenvalue weighted by molar-refractivity contribution is -0.249. The summed E-state index contributed by atoms with van der Waals surface area (Å²) in [7, 11) is 0. The molecular formula is C40H62N2O8. The highest BCUT2D eigenvalue weighted by molar-refractivity contribution is 5.66. The first-order chi connectivity index (χ1) is 23.5. The first-order valence-electron chi connectivity index (χ1n) is 19.6. The van der Waals surface area contributed by atoms with Crippen LogP contribution in [0.5, 0.6) is 0 Å². The van der Waals surface area contributed by atoms with Crippen molar-refractivity contribution in [1.29, 1.82) is 0 Å². The van der Waals surface area contributed by atoms with E-state index in [0.717, 1.165) is 51.0 Å². The van der Waals surface area contributed by atoms with Gasteiger partial charge in [-0.05, 0) is 111 Å². The van der Waals surface area contributed by atoms with Gasteiger partial charge in [0.25, 0.3) is 0 Å². The minimum atomic E-state index is -1.26. The number of hydrogen-bond acceptors (Lipinski definition) is 10. The fourth-order valence-electron chi connectivity index (χ4n) is 14.2. The third-order valence-corrected chi connectivity index (χ3v) is 16.4. The second-order valence-corrected chi connectivity index (χ2v) is 19.4. The number of aromatic nitrogens is 1. The maximum absolute atomic E-state index is 12.6. The summed E-state index contributed by atoms with van der Waals surface area (Å²) in [6, 6.07) is 0. The van der Waals surface area contributed by atoms with Crippen LogP contribution >= 0.6 is 0 Å². The van der Waals surface area contributed by atoms with Gasteiger partial charge >= 0.3 is 5.97 Å². The number of aliphatic hydroxyl groups excluding tert-OH is 1. The van der Waals surface area contributed by atoms with Gasteiger partial charge in [-0.2, -0.15) is 0 Å². The monoisotopic (exact) mass is 698 g/mol. The molecule has 7 fully saturated rings. The molecule has 0 radical (unpaired) electrons. The van der Waals surface area contributed by atoms with E-state index < -0.39 is 29.9 Å². The van der Waals surface area contributed by atoms with Crippen LogP contribution in [-0.4, -0.2) is 88.2 Å². The fourth-order valence-corrected chi connectivity index (χ4v) is 14.2. The van der Waals surface area contributed by atoms with E-state index in [2.05, 4.69) is 44.5 Å². The van der Waals surface area contributed by atoms with Crippen molar-refractivity contribution in [1.82, 2.24) is 9.88 Å². The number of oxazole rings is 1. The summed E-state index contributed by atoms with van der Waals surface area (Å²) in [4.78, 5) is 18.8. The van der Waals surface area contributed by atoms with Gasteiger partial charge in [-0.15, -0.1) is 0 Å². The molecule has 280 valence electrons. The second-order valence-electron chi connectivity index (χ2n) is 19.4. The predicted octanol–water partition coefficient (Wildman–Crippen LogP) is 5.73. The molecule has 7 aliphatic rings. The Kier molecular flexibility index (Phi) is 8.31. The molecule has 2 saturated heterocycles. The van der Waals surface area contributed by atoms with Crippen LogP contribution in [0.1, 0.15) is 112 Å². The van der Waals surface area contributed by atoms with E-state index in [0.29, 0.717) is 30.3 Å². The van der Waals surface area contributed by atoms with Crippen LogP contribution in [0.3, 0.4) is 0 Å². The van der Waals surface area contributed by atoms with Crippen LogP contribution in [-0.2, 0) is 30.3 Å². The van der Waals surface area contributed by atoms with E-state index >= 15 is 0 Å². The number of hydrogen-bond donors (Lipinski definition) is 2. The van der Waals surface area contributed by atoms with Crippen LogP contribution < -0.4 is 0 Å². The highest BCUT2D eigenvalue weighted by atomic mass is 16.7. The standard InChI is InChI=1S/C40H62N2O8/c1-23-17-26(34(36(5,6)45)48-24(2)43)49-32-31(23)37(7)13-14-40-21-39(40)12-11-29(35(3,4)27(39)9-10-28(40)38(37,8)33(32)44)50-30-19-42(15-16-47-30)18-25-20-46-22-41-25/h20,22-23,26-34,44-45H,9-19,21H2,1-8H3/t23-,26?,27+,28?,29+,30+,31+,32?,33+,34+,37-,38-,39-,40?/m1/s1. The van der Waals surface area contributed by atoms with Gasteiger partial charge in [0.05, 0.1) is 48.9 Å². The Hall–Kier alpha value is -1.56. The third-order valence-electron chi connectivity index (χ3n) is 16.4. The number of aliphatic hydroxyl groups is 2. The smallest absolute Gasteiger partial charge is 0.303 e. The van der Waals surface area contributed by atoms with Crippen molar-refractivity contribution in [3.63, 3.8) is 0 Å². The van der Waals surface area contributed by atoms with Gasteiger partial charge in [0.2, 0.25) is 0 Å². The Bertz CT molecular complexity index is 1440. The number of fused-ring (bicyclic) bond motifs is 4. The highest BCUT2D eigenvalue weighted by Gasteiger charge is 2.84. The summed E-state index contributed by atoms with van der Waals surface area (Å²) in [5, 5.41) is 23.6. The van der Waals surface area contributed by atoms with E-state index in [-0.39, 0.29) is 52.0 Å². The van der Waals surface area contributed by atoms with Crippen molar-refractivity contribution in [2.24, 2.45) is 50.7 Å². The van der Waals surface area contributed by atoms with Crippen molar-refractivity contribution in [2.75, 3.05) is 19.7 Å².